The average molecular weight is 328 g/mol. The summed E-state index contributed by atoms with van der Waals surface area (Å²) >= 11 is 1.54. The standard InChI is InChI=1S/C14H20N2O3S2/c1-4-16-9-13(8-12(16)10-17)21(18,19)15(3)11(2)14-6-5-7-20-14/h5-9,11,17H,4,10H2,1-3H3. The zero-order valence-electron chi connectivity index (χ0n) is 12.4. The number of hydrogen-bond donors (Lipinski definition) is 1. The van der Waals surface area contributed by atoms with Crippen LogP contribution in [0.2, 0.25) is 0 Å². The van der Waals surface area contributed by atoms with Gasteiger partial charge in [-0.2, -0.15) is 4.31 Å². The molecule has 1 unspecified atom stereocenters. The minimum atomic E-state index is -3.58. The highest BCUT2D eigenvalue weighted by Gasteiger charge is 2.28. The highest BCUT2D eigenvalue weighted by Crippen LogP contribution is 2.29. The first kappa shape index (κ1) is 16.2. The molecule has 5 nitrogen and oxygen atoms in total. The van der Waals surface area contributed by atoms with E-state index in [1.165, 1.54) is 21.7 Å². The lowest BCUT2D eigenvalue weighted by atomic mass is 10.3. The van der Waals surface area contributed by atoms with E-state index in [1.807, 2.05) is 31.4 Å². The summed E-state index contributed by atoms with van der Waals surface area (Å²) < 4.78 is 28.5. The van der Waals surface area contributed by atoms with E-state index >= 15 is 0 Å². The van der Waals surface area contributed by atoms with Crippen molar-refractivity contribution in [1.29, 1.82) is 0 Å². The molecule has 0 aliphatic carbocycles. The maximum Gasteiger partial charge on any atom is 0.244 e. The van der Waals surface area contributed by atoms with Gasteiger partial charge in [-0.05, 0) is 31.4 Å². The second-order valence-corrected chi connectivity index (χ2v) is 7.80. The highest BCUT2D eigenvalue weighted by molar-refractivity contribution is 7.89. The number of nitrogens with zero attached hydrogens (tertiary/aromatic N) is 2. The predicted molar refractivity (Wildman–Crippen MR) is 83.7 cm³/mol. The number of aryl methyl sites for hydroxylation is 1. The summed E-state index contributed by atoms with van der Waals surface area (Å²) in [6, 6.07) is 5.15. The van der Waals surface area contributed by atoms with Crippen molar-refractivity contribution in [2.24, 2.45) is 0 Å². The van der Waals surface area contributed by atoms with Crippen molar-refractivity contribution in [2.75, 3.05) is 7.05 Å². The van der Waals surface area contributed by atoms with Crippen LogP contribution in [-0.4, -0.2) is 29.4 Å². The molecule has 0 fully saturated rings. The molecular formula is C14H20N2O3S2. The van der Waals surface area contributed by atoms with Crippen molar-refractivity contribution < 1.29 is 13.5 Å². The first-order valence-electron chi connectivity index (χ1n) is 6.73. The highest BCUT2D eigenvalue weighted by atomic mass is 32.2. The molecule has 2 rings (SSSR count). The Morgan fingerprint density at radius 2 is 2.19 bits per heavy atom. The van der Waals surface area contributed by atoms with Gasteiger partial charge >= 0.3 is 0 Å². The van der Waals surface area contributed by atoms with E-state index in [0.717, 1.165) is 4.88 Å². The Balaban J connectivity index is 2.35. The van der Waals surface area contributed by atoms with Gasteiger partial charge in [0.05, 0.1) is 12.6 Å². The monoisotopic (exact) mass is 328 g/mol. The fraction of sp³-hybridized carbons (Fsp3) is 0.429. The molecule has 116 valence electrons. The molecule has 0 aromatic carbocycles. The fourth-order valence-corrected chi connectivity index (χ4v) is 4.48. The zero-order valence-corrected chi connectivity index (χ0v) is 14.0. The van der Waals surface area contributed by atoms with E-state index in [1.54, 1.807) is 17.8 Å². The van der Waals surface area contributed by atoms with Gasteiger partial charge in [-0.15, -0.1) is 11.3 Å². The Morgan fingerprint density at radius 3 is 2.67 bits per heavy atom. The van der Waals surface area contributed by atoms with Gasteiger partial charge in [0.1, 0.15) is 4.90 Å². The minimum absolute atomic E-state index is 0.173. The number of aromatic nitrogens is 1. The molecule has 0 amide bonds. The third kappa shape index (κ3) is 3.06. The number of aliphatic hydroxyl groups excluding tert-OH is 1. The second-order valence-electron chi connectivity index (χ2n) is 4.82. The largest absolute Gasteiger partial charge is 0.390 e. The maximum atomic E-state index is 12.7. The molecule has 0 aliphatic heterocycles. The second kappa shape index (κ2) is 6.31. The first-order valence-corrected chi connectivity index (χ1v) is 9.05. The Hall–Kier alpha value is -1.15. The molecule has 0 spiro atoms. The van der Waals surface area contributed by atoms with Crippen LogP contribution in [0, 0.1) is 0 Å². The Kier molecular flexibility index (Phi) is 4.88. The third-order valence-corrected chi connectivity index (χ3v) is 6.58. The molecule has 7 heteroatoms. The van der Waals surface area contributed by atoms with Crippen molar-refractivity contribution in [3.63, 3.8) is 0 Å². The number of sulfonamides is 1. The molecule has 0 bridgehead atoms. The van der Waals surface area contributed by atoms with Crippen LogP contribution < -0.4 is 0 Å². The van der Waals surface area contributed by atoms with Gasteiger partial charge in [-0.3, -0.25) is 0 Å². The number of hydrogen-bond acceptors (Lipinski definition) is 4. The molecule has 0 saturated heterocycles. The number of rotatable bonds is 6. The van der Waals surface area contributed by atoms with Crippen molar-refractivity contribution in [3.05, 3.63) is 40.3 Å². The molecule has 0 saturated carbocycles. The van der Waals surface area contributed by atoms with Crippen molar-refractivity contribution in [3.8, 4) is 0 Å². The first-order chi connectivity index (χ1) is 9.91. The Morgan fingerprint density at radius 1 is 1.48 bits per heavy atom. The van der Waals surface area contributed by atoms with E-state index in [2.05, 4.69) is 0 Å². The summed E-state index contributed by atoms with van der Waals surface area (Å²) in [6.45, 7) is 4.23. The van der Waals surface area contributed by atoms with Gasteiger partial charge in [-0.25, -0.2) is 8.42 Å². The van der Waals surface area contributed by atoms with Gasteiger partial charge in [-0.1, -0.05) is 6.07 Å². The van der Waals surface area contributed by atoms with Gasteiger partial charge in [0.15, 0.2) is 0 Å². The minimum Gasteiger partial charge on any atom is -0.390 e. The van der Waals surface area contributed by atoms with Crippen LogP contribution in [0.15, 0.2) is 34.7 Å². The van der Waals surface area contributed by atoms with Crippen LogP contribution in [0.4, 0.5) is 0 Å². The van der Waals surface area contributed by atoms with Crippen LogP contribution in [-0.2, 0) is 23.2 Å². The summed E-state index contributed by atoms with van der Waals surface area (Å²) in [5, 5.41) is 11.2. The van der Waals surface area contributed by atoms with E-state index in [-0.39, 0.29) is 17.5 Å². The summed E-state index contributed by atoms with van der Waals surface area (Å²) in [7, 11) is -1.99. The van der Waals surface area contributed by atoms with E-state index in [9.17, 15) is 13.5 Å². The number of aliphatic hydroxyl groups is 1. The normalized spacial score (nSPS) is 13.8. The SMILES string of the molecule is CCn1cc(S(=O)(=O)N(C)C(C)c2cccs2)cc1CO. The smallest absolute Gasteiger partial charge is 0.244 e. The molecule has 2 heterocycles. The topological polar surface area (TPSA) is 62.5 Å². The molecule has 0 radical (unpaired) electrons. The number of thiophene rings is 1. The van der Waals surface area contributed by atoms with Gasteiger partial charge < -0.3 is 9.67 Å². The average Bonchev–Trinajstić information content (AvgIpc) is 3.14. The van der Waals surface area contributed by atoms with Crippen LogP contribution in [0.3, 0.4) is 0 Å². The van der Waals surface area contributed by atoms with Crippen LogP contribution >= 0.6 is 11.3 Å². The fourth-order valence-electron chi connectivity index (χ4n) is 2.18. The molecule has 0 aliphatic rings. The van der Waals surface area contributed by atoms with E-state index in [0.29, 0.717) is 12.2 Å². The Bertz CT molecular complexity index is 668. The van der Waals surface area contributed by atoms with E-state index in [4.69, 9.17) is 0 Å². The summed E-state index contributed by atoms with van der Waals surface area (Å²) in [6.07, 6.45) is 1.58. The molecule has 21 heavy (non-hydrogen) atoms. The summed E-state index contributed by atoms with van der Waals surface area (Å²) in [5.41, 5.74) is 0.605. The third-order valence-electron chi connectivity index (χ3n) is 3.64. The zero-order chi connectivity index (χ0) is 15.6. The van der Waals surface area contributed by atoms with Crippen LogP contribution in [0.25, 0.3) is 0 Å². The maximum absolute atomic E-state index is 12.7. The molecule has 2 aromatic rings. The van der Waals surface area contributed by atoms with Gasteiger partial charge in [0.25, 0.3) is 0 Å². The van der Waals surface area contributed by atoms with Crippen molar-refractivity contribution in [1.82, 2.24) is 8.87 Å². The molecule has 1 N–H and O–H groups in total. The lowest BCUT2D eigenvalue weighted by Crippen LogP contribution is -2.29. The van der Waals surface area contributed by atoms with Crippen molar-refractivity contribution in [2.45, 2.75) is 37.9 Å². The lowest BCUT2D eigenvalue weighted by Gasteiger charge is -2.22. The quantitative estimate of drug-likeness (QED) is 0.886. The van der Waals surface area contributed by atoms with Crippen molar-refractivity contribution >= 4 is 21.4 Å². The van der Waals surface area contributed by atoms with Gasteiger partial charge in [0.2, 0.25) is 10.0 Å². The predicted octanol–water partition coefficient (Wildman–Crippen LogP) is 2.44. The molecule has 1 atom stereocenters. The molecular weight excluding hydrogens is 308 g/mol. The van der Waals surface area contributed by atoms with Crippen LogP contribution in [0.1, 0.15) is 30.5 Å². The van der Waals surface area contributed by atoms with Crippen LogP contribution in [0.5, 0.6) is 0 Å². The van der Waals surface area contributed by atoms with E-state index < -0.39 is 10.0 Å². The summed E-state index contributed by atoms with van der Waals surface area (Å²) in [5.74, 6) is 0. The lowest BCUT2D eigenvalue weighted by molar-refractivity contribution is 0.271. The molecule has 2 aromatic heterocycles. The Labute approximate surface area is 129 Å². The summed E-state index contributed by atoms with van der Waals surface area (Å²) in [4.78, 5) is 1.22. The van der Waals surface area contributed by atoms with Gasteiger partial charge in [0, 0.05) is 30.4 Å².